The van der Waals surface area contributed by atoms with Crippen LogP contribution in [0.5, 0.6) is 0 Å². The number of aryl methyl sites for hydroxylation is 2. The van der Waals surface area contributed by atoms with E-state index >= 15 is 0 Å². The van der Waals surface area contributed by atoms with E-state index in [9.17, 15) is 9.90 Å². The van der Waals surface area contributed by atoms with Crippen LogP contribution in [-0.4, -0.2) is 34.0 Å². The third-order valence-corrected chi connectivity index (χ3v) is 5.97. The lowest BCUT2D eigenvalue weighted by molar-refractivity contribution is -0.141. The summed E-state index contributed by atoms with van der Waals surface area (Å²) in [7, 11) is 0. The molecule has 3 rings (SSSR count). The molecule has 0 bridgehead atoms. The number of pyridine rings is 1. The van der Waals surface area contributed by atoms with Gasteiger partial charge in [-0.1, -0.05) is 30.7 Å². The van der Waals surface area contributed by atoms with Crippen LogP contribution in [0.2, 0.25) is 5.02 Å². The summed E-state index contributed by atoms with van der Waals surface area (Å²) in [6.45, 7) is 8.40. The number of hydrogen-bond donors (Lipinski definition) is 2. The molecule has 2 atom stereocenters. The first-order valence-electron chi connectivity index (χ1n) is 9.80. The Kier molecular flexibility index (Phi) is 6.57. The lowest BCUT2D eigenvalue weighted by Crippen LogP contribution is -2.23. The number of aromatic nitrogens is 1. The second kappa shape index (κ2) is 8.93. The minimum Gasteiger partial charge on any atom is -0.481 e. The average Bonchev–Trinajstić information content (AvgIpc) is 3.13. The van der Waals surface area contributed by atoms with Crippen LogP contribution in [0.1, 0.15) is 48.1 Å². The summed E-state index contributed by atoms with van der Waals surface area (Å²) in [4.78, 5) is 18.0. The molecule has 0 radical (unpaired) electrons. The van der Waals surface area contributed by atoms with Crippen LogP contribution in [0.3, 0.4) is 0 Å². The van der Waals surface area contributed by atoms with Gasteiger partial charge in [0, 0.05) is 24.3 Å². The monoisotopic (exact) mass is 401 g/mol. The molecule has 0 aliphatic carbocycles. The Balaban J connectivity index is 1.73. The van der Waals surface area contributed by atoms with Crippen molar-refractivity contribution in [2.45, 2.75) is 46.2 Å². The zero-order valence-corrected chi connectivity index (χ0v) is 17.5. The molecular formula is C22H28ClN3O2. The molecule has 28 heavy (non-hydrogen) atoms. The van der Waals surface area contributed by atoms with Gasteiger partial charge in [-0.15, -0.1) is 0 Å². The number of likely N-dealkylation sites (tertiary alicyclic amines) is 1. The van der Waals surface area contributed by atoms with Crippen LogP contribution >= 0.6 is 11.6 Å². The Hall–Kier alpha value is -2.11. The lowest BCUT2D eigenvalue weighted by Gasteiger charge is -2.21. The summed E-state index contributed by atoms with van der Waals surface area (Å²) in [5.74, 6) is -0.105. The van der Waals surface area contributed by atoms with Crippen molar-refractivity contribution in [3.8, 4) is 0 Å². The van der Waals surface area contributed by atoms with Crippen molar-refractivity contribution >= 4 is 23.4 Å². The zero-order valence-electron chi connectivity index (χ0n) is 16.7. The number of carbonyl (C=O) groups is 1. The summed E-state index contributed by atoms with van der Waals surface area (Å²) < 4.78 is 0. The molecule has 5 nitrogen and oxygen atoms in total. The average molecular weight is 402 g/mol. The van der Waals surface area contributed by atoms with Gasteiger partial charge in [-0.2, -0.15) is 0 Å². The van der Waals surface area contributed by atoms with Crippen LogP contribution in [0.4, 0.5) is 5.82 Å². The molecule has 6 heteroatoms. The van der Waals surface area contributed by atoms with Gasteiger partial charge in [-0.25, -0.2) is 4.98 Å². The highest BCUT2D eigenvalue weighted by molar-refractivity contribution is 6.31. The lowest BCUT2D eigenvalue weighted by atomic mass is 10.0. The van der Waals surface area contributed by atoms with Gasteiger partial charge in [-0.3, -0.25) is 9.69 Å². The number of aliphatic carboxylic acids is 1. The standard InChI is InChI=1S/C22H28ClN3O2/c1-4-20(16-5-6-19(23)14(2)9-16)25-21-10-18(15(3)11-24-21)13-26-8-7-17(12-26)22(27)28/h5-6,9-11,17,20H,4,7-8,12-13H2,1-3H3,(H,24,25)(H,27,28)/t17?,20-/m1/s1. The van der Waals surface area contributed by atoms with E-state index in [-0.39, 0.29) is 12.0 Å². The normalized spacial score (nSPS) is 18.2. The SMILES string of the molecule is CC[C@@H](Nc1cc(CN2CCC(C(=O)O)C2)c(C)cn1)c1ccc(Cl)c(C)c1. The first kappa shape index (κ1) is 20.6. The van der Waals surface area contributed by atoms with E-state index in [4.69, 9.17) is 11.6 Å². The molecule has 1 unspecified atom stereocenters. The Morgan fingerprint density at radius 2 is 2.14 bits per heavy atom. The van der Waals surface area contributed by atoms with Gasteiger partial charge in [0.25, 0.3) is 0 Å². The number of anilines is 1. The van der Waals surface area contributed by atoms with Crippen LogP contribution < -0.4 is 5.32 Å². The number of halogens is 1. The molecule has 1 saturated heterocycles. The van der Waals surface area contributed by atoms with Crippen molar-refractivity contribution in [2.75, 3.05) is 18.4 Å². The highest BCUT2D eigenvalue weighted by Crippen LogP contribution is 2.27. The van der Waals surface area contributed by atoms with Crippen molar-refractivity contribution < 1.29 is 9.90 Å². The van der Waals surface area contributed by atoms with Crippen molar-refractivity contribution in [1.29, 1.82) is 0 Å². The number of rotatable bonds is 7. The fourth-order valence-corrected chi connectivity index (χ4v) is 3.84. The first-order valence-corrected chi connectivity index (χ1v) is 10.2. The van der Waals surface area contributed by atoms with Crippen LogP contribution in [0.25, 0.3) is 0 Å². The van der Waals surface area contributed by atoms with Crippen LogP contribution in [0.15, 0.2) is 30.5 Å². The molecule has 1 aromatic carbocycles. The molecule has 1 aromatic heterocycles. The maximum Gasteiger partial charge on any atom is 0.307 e. The van der Waals surface area contributed by atoms with E-state index in [0.29, 0.717) is 6.54 Å². The van der Waals surface area contributed by atoms with Gasteiger partial charge in [-0.05, 0) is 67.6 Å². The topological polar surface area (TPSA) is 65.5 Å². The van der Waals surface area contributed by atoms with Gasteiger partial charge in [0.05, 0.1) is 12.0 Å². The van der Waals surface area contributed by atoms with Gasteiger partial charge >= 0.3 is 5.97 Å². The molecule has 0 spiro atoms. The molecule has 1 aliphatic rings. The molecule has 0 amide bonds. The van der Waals surface area contributed by atoms with E-state index in [1.54, 1.807) is 0 Å². The molecule has 2 aromatic rings. The molecule has 150 valence electrons. The number of nitrogens with zero attached hydrogens (tertiary/aromatic N) is 2. The fraction of sp³-hybridized carbons (Fsp3) is 0.455. The maximum atomic E-state index is 11.2. The quantitative estimate of drug-likeness (QED) is 0.696. The summed E-state index contributed by atoms with van der Waals surface area (Å²) in [6.07, 6.45) is 3.54. The largest absolute Gasteiger partial charge is 0.481 e. The van der Waals surface area contributed by atoms with Crippen molar-refractivity contribution in [2.24, 2.45) is 5.92 Å². The Bertz CT molecular complexity index is 856. The summed E-state index contributed by atoms with van der Waals surface area (Å²) in [5.41, 5.74) is 4.57. The number of hydrogen-bond acceptors (Lipinski definition) is 4. The van der Waals surface area contributed by atoms with Gasteiger partial charge in [0.15, 0.2) is 0 Å². The van der Waals surface area contributed by atoms with Crippen molar-refractivity contribution in [3.63, 3.8) is 0 Å². The predicted molar refractivity (Wildman–Crippen MR) is 113 cm³/mol. The van der Waals surface area contributed by atoms with Gasteiger partial charge in [0.1, 0.15) is 5.82 Å². The zero-order chi connectivity index (χ0) is 20.3. The van der Waals surface area contributed by atoms with Gasteiger partial charge in [0.2, 0.25) is 0 Å². The molecule has 0 saturated carbocycles. The number of carboxylic acid groups (broad SMARTS) is 1. The number of nitrogens with one attached hydrogen (secondary N) is 1. The molecule has 1 fully saturated rings. The van der Waals surface area contributed by atoms with E-state index in [1.807, 2.05) is 19.2 Å². The van der Waals surface area contributed by atoms with E-state index in [1.165, 1.54) is 11.1 Å². The summed E-state index contributed by atoms with van der Waals surface area (Å²) >= 11 is 6.16. The summed E-state index contributed by atoms with van der Waals surface area (Å²) in [5, 5.41) is 13.5. The second-order valence-electron chi connectivity index (χ2n) is 7.67. The third kappa shape index (κ3) is 4.83. The first-order chi connectivity index (χ1) is 13.4. The molecule has 1 aliphatic heterocycles. The minimum atomic E-state index is -0.694. The second-order valence-corrected chi connectivity index (χ2v) is 8.08. The Morgan fingerprint density at radius 3 is 2.79 bits per heavy atom. The van der Waals surface area contributed by atoms with Crippen molar-refractivity contribution in [3.05, 3.63) is 57.7 Å². The third-order valence-electron chi connectivity index (χ3n) is 5.55. The van der Waals surface area contributed by atoms with E-state index < -0.39 is 5.97 Å². The number of benzene rings is 1. The van der Waals surface area contributed by atoms with Crippen LogP contribution in [-0.2, 0) is 11.3 Å². The van der Waals surface area contributed by atoms with Crippen molar-refractivity contribution in [1.82, 2.24) is 9.88 Å². The van der Waals surface area contributed by atoms with Gasteiger partial charge < -0.3 is 10.4 Å². The highest BCUT2D eigenvalue weighted by Gasteiger charge is 2.28. The fourth-order valence-electron chi connectivity index (χ4n) is 3.72. The maximum absolute atomic E-state index is 11.2. The van der Waals surface area contributed by atoms with Crippen LogP contribution in [0, 0.1) is 19.8 Å². The molecule has 2 heterocycles. The Morgan fingerprint density at radius 1 is 1.36 bits per heavy atom. The summed E-state index contributed by atoms with van der Waals surface area (Å²) in [6, 6.07) is 8.37. The molecule has 2 N–H and O–H groups in total. The van der Waals surface area contributed by atoms with E-state index in [2.05, 4.69) is 47.2 Å². The highest BCUT2D eigenvalue weighted by atomic mass is 35.5. The smallest absolute Gasteiger partial charge is 0.307 e. The minimum absolute atomic E-state index is 0.155. The molecular weight excluding hydrogens is 374 g/mol. The number of carboxylic acids is 1. The van der Waals surface area contributed by atoms with E-state index in [0.717, 1.165) is 47.9 Å². The Labute approximate surface area is 171 Å². The predicted octanol–water partition coefficient (Wildman–Crippen LogP) is 4.82.